The third kappa shape index (κ3) is 5.52. The molecule has 0 aliphatic heterocycles. The van der Waals surface area contributed by atoms with Crippen LogP contribution < -0.4 is 5.73 Å². The predicted molar refractivity (Wildman–Crippen MR) is 80.5 cm³/mol. The Labute approximate surface area is 125 Å². The highest BCUT2D eigenvalue weighted by Gasteiger charge is 2.29. The Kier molecular flexibility index (Phi) is 8.81. The summed E-state index contributed by atoms with van der Waals surface area (Å²) in [5, 5.41) is 1.94. The van der Waals surface area contributed by atoms with Gasteiger partial charge in [0.15, 0.2) is 0 Å². The molecule has 0 bridgehead atoms. The second-order valence-electron chi connectivity index (χ2n) is 5.02. The lowest BCUT2D eigenvalue weighted by molar-refractivity contribution is -0.134. The van der Waals surface area contributed by atoms with Crippen LogP contribution in [0.4, 0.5) is 0 Å². The molecule has 0 aliphatic rings. The van der Waals surface area contributed by atoms with Gasteiger partial charge in [-0.2, -0.15) is 0 Å². The summed E-state index contributed by atoms with van der Waals surface area (Å²) in [6.07, 6.45) is 0. The molecule has 0 aliphatic carbocycles. The molecule has 1 amide bonds. The molecule has 1 heterocycles. The molecule has 0 saturated heterocycles. The largest absolute Gasteiger partial charge is 0.338 e. The van der Waals surface area contributed by atoms with E-state index >= 15 is 0 Å². The quantitative estimate of drug-likeness (QED) is 0.931. The van der Waals surface area contributed by atoms with Gasteiger partial charge in [0.05, 0.1) is 23.8 Å². The number of halogens is 2. The minimum Gasteiger partial charge on any atom is -0.338 e. The molecule has 1 rings (SSSR count). The summed E-state index contributed by atoms with van der Waals surface area (Å²) < 4.78 is 0. The van der Waals surface area contributed by atoms with E-state index in [-0.39, 0.29) is 36.1 Å². The van der Waals surface area contributed by atoms with Crippen molar-refractivity contribution in [2.45, 2.75) is 33.4 Å². The van der Waals surface area contributed by atoms with Crippen LogP contribution in [0.15, 0.2) is 10.9 Å². The maximum absolute atomic E-state index is 12.0. The Bertz CT molecular complexity index is 352. The molecule has 18 heavy (non-hydrogen) atoms. The summed E-state index contributed by atoms with van der Waals surface area (Å²) in [7, 11) is 1.76. The highest BCUT2D eigenvalue weighted by Crippen LogP contribution is 2.19. The van der Waals surface area contributed by atoms with Crippen LogP contribution in [0.3, 0.4) is 0 Å². The summed E-state index contributed by atoms with van der Waals surface area (Å²) in [6, 6.07) is -0.476. The summed E-state index contributed by atoms with van der Waals surface area (Å²) in [5.41, 5.74) is 8.37. The van der Waals surface area contributed by atoms with Crippen LogP contribution in [0.2, 0.25) is 0 Å². The van der Waals surface area contributed by atoms with Crippen LogP contribution in [0.25, 0.3) is 0 Å². The van der Waals surface area contributed by atoms with Gasteiger partial charge in [-0.3, -0.25) is 4.79 Å². The first-order valence-electron chi connectivity index (χ1n) is 5.20. The second-order valence-corrected chi connectivity index (χ2v) is 5.74. The fourth-order valence-electron chi connectivity index (χ4n) is 1.24. The minimum absolute atomic E-state index is 0. The lowest BCUT2D eigenvalue weighted by Crippen LogP contribution is -2.48. The Morgan fingerprint density at radius 1 is 1.50 bits per heavy atom. The van der Waals surface area contributed by atoms with Gasteiger partial charge >= 0.3 is 0 Å². The lowest BCUT2D eigenvalue weighted by atomic mass is 9.86. The molecule has 1 aromatic rings. The third-order valence-electron chi connectivity index (χ3n) is 2.46. The predicted octanol–water partition coefficient (Wildman–Crippen LogP) is 2.32. The van der Waals surface area contributed by atoms with E-state index in [1.807, 2.05) is 26.2 Å². The van der Waals surface area contributed by atoms with Crippen molar-refractivity contribution in [1.29, 1.82) is 0 Å². The van der Waals surface area contributed by atoms with Crippen molar-refractivity contribution in [3.8, 4) is 0 Å². The zero-order chi connectivity index (χ0) is 12.3. The molecular weight excluding hydrogens is 293 g/mol. The first kappa shape index (κ1) is 20.0. The highest BCUT2D eigenvalue weighted by atomic mass is 35.5. The number of aromatic nitrogens is 1. The molecule has 7 heteroatoms. The molecule has 2 N–H and O–H groups in total. The van der Waals surface area contributed by atoms with Gasteiger partial charge in [-0.1, -0.05) is 20.8 Å². The van der Waals surface area contributed by atoms with Crippen molar-refractivity contribution in [2.24, 2.45) is 11.1 Å². The molecule has 1 atom stereocenters. The number of likely N-dealkylation sites (N-methyl/N-ethyl adjacent to an activating group) is 1. The van der Waals surface area contributed by atoms with E-state index in [1.54, 1.807) is 17.5 Å². The van der Waals surface area contributed by atoms with E-state index in [0.717, 1.165) is 5.69 Å². The number of amides is 1. The summed E-state index contributed by atoms with van der Waals surface area (Å²) in [4.78, 5) is 17.8. The van der Waals surface area contributed by atoms with E-state index in [9.17, 15) is 4.79 Å². The number of nitrogens with two attached hydrogens (primary N) is 1. The molecule has 0 spiro atoms. The van der Waals surface area contributed by atoms with Crippen LogP contribution in [0.1, 0.15) is 26.5 Å². The molecule has 0 radical (unpaired) electrons. The maximum Gasteiger partial charge on any atom is 0.240 e. The zero-order valence-corrected chi connectivity index (χ0v) is 13.5. The van der Waals surface area contributed by atoms with E-state index in [2.05, 4.69) is 4.98 Å². The number of nitrogens with zero attached hydrogens (tertiary/aromatic N) is 2. The Hall–Kier alpha value is -0.360. The second kappa shape index (κ2) is 7.94. The number of rotatable bonds is 3. The first-order valence-corrected chi connectivity index (χ1v) is 6.14. The smallest absolute Gasteiger partial charge is 0.240 e. The SMILES string of the molecule is CN(Cc1cscn1)C(=O)[C@@H](N)C(C)(C)C.Cl.Cl. The average molecular weight is 314 g/mol. The molecular formula is C11H21Cl2N3OS. The topological polar surface area (TPSA) is 59.2 Å². The van der Waals surface area contributed by atoms with Crippen molar-refractivity contribution in [3.05, 3.63) is 16.6 Å². The highest BCUT2D eigenvalue weighted by molar-refractivity contribution is 7.07. The Morgan fingerprint density at radius 3 is 2.44 bits per heavy atom. The summed E-state index contributed by atoms with van der Waals surface area (Å²) in [6.45, 7) is 6.41. The standard InChI is InChI=1S/C11H19N3OS.2ClH/c1-11(2,3)9(12)10(15)14(4)5-8-6-16-7-13-8;;/h6-7,9H,5,12H2,1-4H3;2*1H/t9-;;/m1../s1. The summed E-state index contributed by atoms with van der Waals surface area (Å²) in [5.74, 6) is -0.0412. The van der Waals surface area contributed by atoms with Gasteiger partial charge in [-0.05, 0) is 5.41 Å². The van der Waals surface area contributed by atoms with E-state index < -0.39 is 6.04 Å². The number of thiazole rings is 1. The van der Waals surface area contributed by atoms with Gasteiger partial charge in [0, 0.05) is 12.4 Å². The number of hydrogen-bond acceptors (Lipinski definition) is 4. The normalized spacial score (nSPS) is 12.1. The van der Waals surface area contributed by atoms with E-state index in [0.29, 0.717) is 6.54 Å². The van der Waals surface area contributed by atoms with Gasteiger partial charge in [0.25, 0.3) is 0 Å². The van der Waals surface area contributed by atoms with Crippen LogP contribution in [0.5, 0.6) is 0 Å². The van der Waals surface area contributed by atoms with Gasteiger partial charge in [-0.15, -0.1) is 36.2 Å². The molecule has 4 nitrogen and oxygen atoms in total. The average Bonchev–Trinajstić information content (AvgIpc) is 2.66. The fraction of sp³-hybridized carbons (Fsp3) is 0.636. The van der Waals surface area contributed by atoms with Crippen molar-refractivity contribution < 1.29 is 4.79 Å². The molecule has 0 unspecified atom stereocenters. The first-order chi connectivity index (χ1) is 7.32. The van der Waals surface area contributed by atoms with E-state index in [1.165, 1.54) is 11.3 Å². The number of hydrogen-bond donors (Lipinski definition) is 1. The minimum atomic E-state index is -0.476. The maximum atomic E-state index is 12.0. The van der Waals surface area contributed by atoms with Crippen LogP contribution in [0, 0.1) is 5.41 Å². The van der Waals surface area contributed by atoms with Gasteiger partial charge in [-0.25, -0.2) is 4.98 Å². The summed E-state index contributed by atoms with van der Waals surface area (Å²) >= 11 is 1.53. The van der Waals surface area contributed by atoms with Crippen LogP contribution in [-0.4, -0.2) is 28.9 Å². The Morgan fingerprint density at radius 2 is 2.06 bits per heavy atom. The molecule has 0 saturated carbocycles. The fourth-order valence-corrected chi connectivity index (χ4v) is 1.79. The van der Waals surface area contributed by atoms with Gasteiger partial charge in [0.2, 0.25) is 5.91 Å². The molecule has 0 aromatic carbocycles. The molecule has 0 fully saturated rings. The monoisotopic (exact) mass is 313 g/mol. The van der Waals surface area contributed by atoms with Crippen LogP contribution >= 0.6 is 36.2 Å². The van der Waals surface area contributed by atoms with Crippen molar-refractivity contribution in [3.63, 3.8) is 0 Å². The lowest BCUT2D eigenvalue weighted by Gasteiger charge is -2.29. The van der Waals surface area contributed by atoms with Crippen LogP contribution in [-0.2, 0) is 11.3 Å². The van der Waals surface area contributed by atoms with Crippen molar-refractivity contribution in [2.75, 3.05) is 7.05 Å². The van der Waals surface area contributed by atoms with E-state index in [4.69, 9.17) is 5.73 Å². The third-order valence-corrected chi connectivity index (χ3v) is 3.09. The number of carbonyl (C=O) groups excluding carboxylic acids is 1. The molecule has 1 aromatic heterocycles. The van der Waals surface area contributed by atoms with Gasteiger partial charge in [0.1, 0.15) is 0 Å². The Balaban J connectivity index is 0. The van der Waals surface area contributed by atoms with Crippen molar-refractivity contribution in [1.82, 2.24) is 9.88 Å². The number of carbonyl (C=O) groups is 1. The van der Waals surface area contributed by atoms with Gasteiger partial charge < -0.3 is 10.6 Å². The zero-order valence-electron chi connectivity index (χ0n) is 11.0. The van der Waals surface area contributed by atoms with Crippen molar-refractivity contribution >= 4 is 42.1 Å². The molecule has 106 valence electrons.